The Labute approximate surface area is 115 Å². The van der Waals surface area contributed by atoms with Gasteiger partial charge in [-0.2, -0.15) is 0 Å². The molecule has 0 unspecified atom stereocenters. The van der Waals surface area contributed by atoms with Crippen LogP contribution in [0.2, 0.25) is 0 Å². The Bertz CT molecular complexity index is 887. The predicted octanol–water partition coefficient (Wildman–Crippen LogP) is 4.02. The summed E-state index contributed by atoms with van der Waals surface area (Å²) in [5.74, 6) is 0.230. The molecule has 20 heavy (non-hydrogen) atoms. The zero-order chi connectivity index (χ0) is 13.7. The fraction of sp³-hybridized carbons (Fsp3) is 0. The largest absolute Gasteiger partial charge is 0.505 e. The average molecular weight is 260 g/mol. The lowest BCUT2D eigenvalue weighted by atomic mass is 10.0. The summed E-state index contributed by atoms with van der Waals surface area (Å²) in [6.45, 7) is 4.10. The molecule has 4 rings (SSSR count). The van der Waals surface area contributed by atoms with Gasteiger partial charge < -0.3 is 10.1 Å². The van der Waals surface area contributed by atoms with Crippen molar-refractivity contribution in [3.63, 3.8) is 0 Å². The molecular weight excluding hydrogens is 248 g/mol. The Balaban J connectivity index is 1.94. The van der Waals surface area contributed by atoms with Gasteiger partial charge in [-0.1, -0.05) is 36.9 Å². The van der Waals surface area contributed by atoms with Crippen LogP contribution in [0.25, 0.3) is 16.5 Å². The molecule has 0 spiro atoms. The van der Waals surface area contributed by atoms with E-state index in [1.165, 1.54) is 0 Å². The monoisotopic (exact) mass is 260 g/mol. The maximum atomic E-state index is 10.4. The standard InChI is InChI=1S/C17H12N2O/c1-10-11-6-2-4-8-13(11)18-15(10)16-17(20)12-7-3-5-9-14(12)19-16/h2-9,19-20H,1H2. The molecule has 0 radical (unpaired) electrons. The van der Waals surface area contributed by atoms with E-state index in [1.54, 1.807) is 0 Å². The molecule has 96 valence electrons. The molecule has 3 nitrogen and oxygen atoms in total. The normalized spacial score (nSPS) is 13.6. The van der Waals surface area contributed by atoms with Crippen molar-refractivity contribution in [1.82, 2.24) is 4.98 Å². The first kappa shape index (κ1) is 11.1. The number of aliphatic imine (C=N–C) groups is 1. The number of para-hydroxylation sites is 2. The van der Waals surface area contributed by atoms with Crippen LogP contribution in [0, 0.1) is 0 Å². The number of hydrogen-bond acceptors (Lipinski definition) is 2. The Morgan fingerprint density at radius 3 is 2.55 bits per heavy atom. The van der Waals surface area contributed by atoms with E-state index in [0.29, 0.717) is 11.4 Å². The lowest BCUT2D eigenvalue weighted by Crippen LogP contribution is -1.99. The summed E-state index contributed by atoms with van der Waals surface area (Å²) in [5, 5.41) is 11.2. The molecule has 0 aliphatic carbocycles. The number of rotatable bonds is 1. The molecule has 0 saturated carbocycles. The van der Waals surface area contributed by atoms with E-state index in [0.717, 1.165) is 27.7 Å². The minimum absolute atomic E-state index is 0.230. The number of nitrogens with one attached hydrogen (secondary N) is 1. The highest BCUT2D eigenvalue weighted by atomic mass is 16.3. The number of nitrogens with zero attached hydrogens (tertiary/aromatic N) is 1. The van der Waals surface area contributed by atoms with Crippen LogP contribution >= 0.6 is 0 Å². The third kappa shape index (κ3) is 1.37. The molecule has 3 heteroatoms. The number of aromatic amines is 1. The van der Waals surface area contributed by atoms with Crippen LogP contribution in [-0.2, 0) is 0 Å². The van der Waals surface area contributed by atoms with E-state index in [-0.39, 0.29) is 5.75 Å². The van der Waals surface area contributed by atoms with Crippen LogP contribution in [-0.4, -0.2) is 15.8 Å². The van der Waals surface area contributed by atoms with Gasteiger partial charge in [0.15, 0.2) is 5.75 Å². The number of H-pyrrole nitrogens is 1. The van der Waals surface area contributed by atoms with E-state index in [4.69, 9.17) is 0 Å². The Kier molecular flexibility index (Phi) is 2.12. The predicted molar refractivity (Wildman–Crippen MR) is 81.6 cm³/mol. The average Bonchev–Trinajstić information content (AvgIpc) is 2.98. The van der Waals surface area contributed by atoms with Gasteiger partial charge in [-0.15, -0.1) is 0 Å². The smallest absolute Gasteiger partial charge is 0.150 e. The highest BCUT2D eigenvalue weighted by molar-refractivity contribution is 6.36. The van der Waals surface area contributed by atoms with Crippen molar-refractivity contribution >= 4 is 27.9 Å². The zero-order valence-electron chi connectivity index (χ0n) is 10.7. The van der Waals surface area contributed by atoms with Crippen molar-refractivity contribution in [3.05, 3.63) is 66.4 Å². The van der Waals surface area contributed by atoms with E-state index in [2.05, 4.69) is 16.6 Å². The topological polar surface area (TPSA) is 48.4 Å². The van der Waals surface area contributed by atoms with Gasteiger partial charge in [-0.05, 0) is 18.2 Å². The summed E-state index contributed by atoms with van der Waals surface area (Å²) in [4.78, 5) is 7.81. The van der Waals surface area contributed by atoms with Crippen molar-refractivity contribution in [2.75, 3.05) is 0 Å². The fourth-order valence-corrected chi connectivity index (χ4v) is 2.65. The SMILES string of the molecule is C=C1C(c2[nH]c3ccccc3c2O)=Nc2ccccc21. The van der Waals surface area contributed by atoms with Crippen LogP contribution in [0.5, 0.6) is 5.75 Å². The van der Waals surface area contributed by atoms with E-state index < -0.39 is 0 Å². The lowest BCUT2D eigenvalue weighted by molar-refractivity contribution is 0.480. The minimum Gasteiger partial charge on any atom is -0.505 e. The van der Waals surface area contributed by atoms with Crippen molar-refractivity contribution in [2.45, 2.75) is 0 Å². The molecule has 2 aromatic carbocycles. The first-order chi connectivity index (χ1) is 9.75. The minimum atomic E-state index is 0.230. The van der Waals surface area contributed by atoms with E-state index in [1.807, 2.05) is 48.5 Å². The van der Waals surface area contributed by atoms with E-state index in [9.17, 15) is 5.11 Å². The Morgan fingerprint density at radius 2 is 1.75 bits per heavy atom. The van der Waals surface area contributed by atoms with Crippen LogP contribution in [0.15, 0.2) is 60.1 Å². The summed E-state index contributed by atoms with van der Waals surface area (Å²) < 4.78 is 0. The molecule has 2 heterocycles. The van der Waals surface area contributed by atoms with Crippen molar-refractivity contribution < 1.29 is 5.11 Å². The highest BCUT2D eigenvalue weighted by Gasteiger charge is 2.24. The quantitative estimate of drug-likeness (QED) is 0.682. The molecule has 2 N–H and O–H groups in total. The summed E-state index contributed by atoms with van der Waals surface area (Å²) in [6.07, 6.45) is 0. The first-order valence-electron chi connectivity index (χ1n) is 6.43. The van der Waals surface area contributed by atoms with Crippen LogP contribution < -0.4 is 0 Å². The molecule has 1 aromatic heterocycles. The molecule has 0 saturated heterocycles. The van der Waals surface area contributed by atoms with Crippen molar-refractivity contribution in [3.8, 4) is 5.75 Å². The van der Waals surface area contributed by atoms with Gasteiger partial charge in [-0.3, -0.25) is 0 Å². The number of hydrogen-bond donors (Lipinski definition) is 2. The molecule has 1 aliphatic rings. The van der Waals surface area contributed by atoms with E-state index >= 15 is 0 Å². The van der Waals surface area contributed by atoms with Crippen LogP contribution in [0.4, 0.5) is 5.69 Å². The van der Waals surface area contributed by atoms with Crippen molar-refractivity contribution in [1.29, 1.82) is 0 Å². The summed E-state index contributed by atoms with van der Waals surface area (Å²) >= 11 is 0. The maximum absolute atomic E-state index is 10.4. The third-order valence-electron chi connectivity index (χ3n) is 3.66. The number of allylic oxidation sites excluding steroid dienone is 1. The second kappa shape index (κ2) is 3.84. The molecule has 1 aliphatic heterocycles. The van der Waals surface area contributed by atoms with Gasteiger partial charge >= 0.3 is 0 Å². The molecule has 0 fully saturated rings. The fourth-order valence-electron chi connectivity index (χ4n) is 2.65. The van der Waals surface area contributed by atoms with Crippen LogP contribution in [0.3, 0.4) is 0 Å². The van der Waals surface area contributed by atoms with Gasteiger partial charge in [0.1, 0.15) is 5.69 Å². The van der Waals surface area contributed by atoms with Gasteiger partial charge in [0.05, 0.1) is 11.4 Å². The van der Waals surface area contributed by atoms with Gasteiger partial charge in [0, 0.05) is 22.0 Å². The Morgan fingerprint density at radius 1 is 1.00 bits per heavy atom. The number of aromatic hydroxyl groups is 1. The lowest BCUT2D eigenvalue weighted by Gasteiger charge is -2.01. The molecule has 0 bridgehead atoms. The van der Waals surface area contributed by atoms with Crippen LogP contribution in [0.1, 0.15) is 11.3 Å². The molecular formula is C17H12N2O. The van der Waals surface area contributed by atoms with Gasteiger partial charge in [-0.25, -0.2) is 4.99 Å². The van der Waals surface area contributed by atoms with Gasteiger partial charge in [0.25, 0.3) is 0 Å². The third-order valence-corrected chi connectivity index (χ3v) is 3.66. The second-order valence-corrected chi connectivity index (χ2v) is 4.85. The maximum Gasteiger partial charge on any atom is 0.150 e. The molecule has 0 amide bonds. The summed E-state index contributed by atoms with van der Waals surface area (Å²) in [5.41, 5.74) is 4.98. The highest BCUT2D eigenvalue weighted by Crippen LogP contribution is 2.39. The number of fused-ring (bicyclic) bond motifs is 2. The molecule has 0 atom stereocenters. The Hall–Kier alpha value is -2.81. The summed E-state index contributed by atoms with van der Waals surface area (Å²) in [6, 6.07) is 15.5. The van der Waals surface area contributed by atoms with Gasteiger partial charge in [0.2, 0.25) is 0 Å². The zero-order valence-corrected chi connectivity index (χ0v) is 10.7. The number of benzene rings is 2. The number of aromatic nitrogens is 1. The summed E-state index contributed by atoms with van der Waals surface area (Å²) in [7, 11) is 0. The molecule has 3 aromatic rings. The van der Waals surface area contributed by atoms with Crippen molar-refractivity contribution in [2.24, 2.45) is 4.99 Å². The first-order valence-corrected chi connectivity index (χ1v) is 6.43. The second-order valence-electron chi connectivity index (χ2n) is 4.85.